The molecule has 2 fully saturated rings. The Hall–Kier alpha value is -3.11. The van der Waals surface area contributed by atoms with Gasteiger partial charge in [-0.1, -0.05) is 6.07 Å². The van der Waals surface area contributed by atoms with Crippen LogP contribution in [0.3, 0.4) is 0 Å². The lowest BCUT2D eigenvalue weighted by Gasteiger charge is -2.27. The van der Waals surface area contributed by atoms with E-state index in [2.05, 4.69) is 33.8 Å². The largest absolute Gasteiger partial charge is 0.324 e. The van der Waals surface area contributed by atoms with Crippen LogP contribution in [0, 0.1) is 0 Å². The Balaban J connectivity index is 1.28. The Kier molecular flexibility index (Phi) is 4.51. The summed E-state index contributed by atoms with van der Waals surface area (Å²) in [5.41, 5.74) is 4.54. The van der Waals surface area contributed by atoms with Crippen LogP contribution in [-0.2, 0) is 23.9 Å². The highest BCUT2D eigenvalue weighted by Crippen LogP contribution is 2.49. The van der Waals surface area contributed by atoms with Gasteiger partial charge in [-0.2, -0.15) is 4.98 Å². The number of rotatable bonds is 6. The molecule has 8 nitrogen and oxygen atoms in total. The Bertz CT molecular complexity index is 1530. The average Bonchev–Trinajstić information content (AvgIpc) is 3.77. The van der Waals surface area contributed by atoms with Crippen LogP contribution < -0.4 is 16.2 Å². The Labute approximate surface area is 205 Å². The van der Waals surface area contributed by atoms with Crippen LogP contribution in [-0.4, -0.2) is 37.5 Å². The number of nitrogens with zero attached hydrogens (tertiary/aromatic N) is 5. The van der Waals surface area contributed by atoms with Crippen LogP contribution in [0.15, 0.2) is 34.6 Å². The number of hydrogen-bond donors (Lipinski definition) is 2. The summed E-state index contributed by atoms with van der Waals surface area (Å²) >= 11 is 1.41. The summed E-state index contributed by atoms with van der Waals surface area (Å²) in [7, 11) is 0. The van der Waals surface area contributed by atoms with Crippen molar-refractivity contribution in [3.05, 3.63) is 57.0 Å². The summed E-state index contributed by atoms with van der Waals surface area (Å²) in [6.45, 7) is 2.96. The second kappa shape index (κ2) is 7.44. The van der Waals surface area contributed by atoms with E-state index < -0.39 is 12.1 Å². The SMILES string of the molecule is CCn1c(=O)c2cnc(Nc3ccc4c(c3)CCNC43CC3)nc2n1-c1nc(C2(CF)CC2)cs1. The molecule has 35 heavy (non-hydrogen) atoms. The molecule has 0 atom stereocenters. The second-order valence-electron chi connectivity index (χ2n) is 9.95. The summed E-state index contributed by atoms with van der Waals surface area (Å²) in [6.07, 6.45) is 6.60. The summed E-state index contributed by atoms with van der Waals surface area (Å²) in [6, 6.07) is 6.46. The fourth-order valence-corrected chi connectivity index (χ4v) is 6.32. The molecule has 0 bridgehead atoms. The van der Waals surface area contributed by atoms with Crippen molar-refractivity contribution in [1.29, 1.82) is 0 Å². The van der Waals surface area contributed by atoms with Gasteiger partial charge in [-0.15, -0.1) is 11.3 Å². The molecule has 4 heterocycles. The van der Waals surface area contributed by atoms with E-state index in [4.69, 9.17) is 9.97 Å². The number of halogens is 1. The summed E-state index contributed by atoms with van der Waals surface area (Å²) in [4.78, 5) is 27.0. The van der Waals surface area contributed by atoms with E-state index in [0.717, 1.165) is 37.2 Å². The first-order chi connectivity index (χ1) is 17.1. The molecule has 3 aliphatic rings. The summed E-state index contributed by atoms with van der Waals surface area (Å²) < 4.78 is 17.0. The standard InChI is InChI=1S/C25H26FN7OS/c1-2-32-21(34)17-12-27-22(29-16-3-4-18-15(11-16)5-10-28-25(18)8-9-25)31-20(17)33(32)23-30-19(13-35-23)24(14-26)6-7-24/h3-4,11-13,28H,2,5-10,14H2,1H3,(H,27,29,31). The number of hydrogen-bond acceptors (Lipinski definition) is 7. The zero-order valence-corrected chi connectivity index (χ0v) is 20.3. The minimum absolute atomic E-state index is 0.159. The van der Waals surface area contributed by atoms with Crippen LogP contribution >= 0.6 is 11.3 Å². The molecule has 10 heteroatoms. The summed E-state index contributed by atoms with van der Waals surface area (Å²) in [5.74, 6) is 0.425. The lowest BCUT2D eigenvalue weighted by atomic mass is 9.92. The predicted molar refractivity (Wildman–Crippen MR) is 134 cm³/mol. The van der Waals surface area contributed by atoms with Crippen molar-refractivity contribution in [2.75, 3.05) is 18.5 Å². The maximum atomic E-state index is 13.6. The fraction of sp³-hybridized carbons (Fsp3) is 0.440. The van der Waals surface area contributed by atoms with Gasteiger partial charge in [-0.05, 0) is 62.3 Å². The van der Waals surface area contributed by atoms with Gasteiger partial charge >= 0.3 is 0 Å². The first kappa shape index (κ1) is 21.2. The second-order valence-corrected chi connectivity index (χ2v) is 10.8. The van der Waals surface area contributed by atoms with Crippen molar-refractivity contribution in [1.82, 2.24) is 29.6 Å². The van der Waals surface area contributed by atoms with Gasteiger partial charge in [0.05, 0.1) is 5.69 Å². The molecule has 1 aliphatic heterocycles. The van der Waals surface area contributed by atoms with Crippen molar-refractivity contribution in [3.63, 3.8) is 0 Å². The topological polar surface area (TPSA) is 89.7 Å². The molecule has 0 saturated heterocycles. The molecule has 1 aromatic carbocycles. The van der Waals surface area contributed by atoms with Gasteiger partial charge in [0.25, 0.3) is 5.56 Å². The number of anilines is 2. The quantitative estimate of drug-likeness (QED) is 0.425. The fourth-order valence-electron chi connectivity index (χ4n) is 5.36. The van der Waals surface area contributed by atoms with Gasteiger partial charge in [-0.3, -0.25) is 9.18 Å². The van der Waals surface area contributed by atoms with Gasteiger partial charge < -0.3 is 10.6 Å². The number of alkyl halides is 1. The molecule has 180 valence electrons. The normalized spacial score (nSPS) is 19.1. The minimum Gasteiger partial charge on any atom is -0.324 e. The zero-order chi connectivity index (χ0) is 23.8. The Morgan fingerprint density at radius 2 is 2.09 bits per heavy atom. The van der Waals surface area contributed by atoms with Gasteiger partial charge in [0.15, 0.2) is 5.65 Å². The molecule has 7 rings (SSSR count). The third-order valence-electron chi connectivity index (χ3n) is 7.79. The molecular formula is C25H26FN7OS. The van der Waals surface area contributed by atoms with E-state index >= 15 is 0 Å². The highest BCUT2D eigenvalue weighted by atomic mass is 32.1. The van der Waals surface area contributed by atoms with Crippen LogP contribution in [0.2, 0.25) is 0 Å². The van der Waals surface area contributed by atoms with Gasteiger partial charge in [0, 0.05) is 41.3 Å². The molecule has 2 N–H and O–H groups in total. The Morgan fingerprint density at radius 1 is 1.23 bits per heavy atom. The minimum atomic E-state index is -0.447. The zero-order valence-electron chi connectivity index (χ0n) is 19.5. The van der Waals surface area contributed by atoms with E-state index in [0.29, 0.717) is 28.7 Å². The van der Waals surface area contributed by atoms with E-state index in [9.17, 15) is 9.18 Å². The first-order valence-electron chi connectivity index (χ1n) is 12.2. The number of thiazole rings is 1. The van der Waals surface area contributed by atoms with Gasteiger partial charge in [-0.25, -0.2) is 19.3 Å². The molecule has 1 spiro atoms. The molecule has 4 aromatic rings. The van der Waals surface area contributed by atoms with Crippen molar-refractivity contribution in [2.45, 2.75) is 56.5 Å². The monoisotopic (exact) mass is 491 g/mol. The van der Waals surface area contributed by atoms with Gasteiger partial charge in [0.1, 0.15) is 12.1 Å². The smallest absolute Gasteiger partial charge is 0.278 e. The van der Waals surface area contributed by atoms with E-state index in [-0.39, 0.29) is 11.1 Å². The lowest BCUT2D eigenvalue weighted by molar-refractivity contribution is 0.412. The average molecular weight is 492 g/mol. The highest BCUT2D eigenvalue weighted by molar-refractivity contribution is 7.12. The maximum absolute atomic E-state index is 13.6. The van der Waals surface area contributed by atoms with E-state index in [1.165, 1.54) is 35.3 Å². The van der Waals surface area contributed by atoms with Crippen LogP contribution in [0.4, 0.5) is 16.0 Å². The molecule has 2 saturated carbocycles. The molecule has 2 aliphatic carbocycles. The van der Waals surface area contributed by atoms with Crippen LogP contribution in [0.25, 0.3) is 16.2 Å². The van der Waals surface area contributed by atoms with Crippen molar-refractivity contribution >= 4 is 34.0 Å². The van der Waals surface area contributed by atoms with Crippen molar-refractivity contribution in [3.8, 4) is 5.13 Å². The molecule has 0 amide bonds. The summed E-state index contributed by atoms with van der Waals surface area (Å²) in [5, 5.41) is 9.96. The third kappa shape index (κ3) is 3.19. The first-order valence-corrected chi connectivity index (χ1v) is 13.1. The number of aromatic nitrogens is 5. The van der Waals surface area contributed by atoms with E-state index in [1.54, 1.807) is 15.6 Å². The maximum Gasteiger partial charge on any atom is 0.278 e. The van der Waals surface area contributed by atoms with Crippen molar-refractivity contribution in [2.24, 2.45) is 0 Å². The van der Waals surface area contributed by atoms with Crippen LogP contribution in [0.1, 0.15) is 49.4 Å². The highest BCUT2D eigenvalue weighted by Gasteiger charge is 2.47. The van der Waals surface area contributed by atoms with Crippen LogP contribution in [0.5, 0.6) is 0 Å². The number of fused-ring (bicyclic) bond motifs is 3. The predicted octanol–water partition coefficient (Wildman–Crippen LogP) is 3.94. The molecular weight excluding hydrogens is 465 g/mol. The third-order valence-corrected chi connectivity index (χ3v) is 8.60. The molecule has 0 radical (unpaired) electrons. The van der Waals surface area contributed by atoms with Gasteiger partial charge in [0.2, 0.25) is 11.1 Å². The lowest BCUT2D eigenvalue weighted by Crippen LogP contribution is -2.36. The molecule has 0 unspecified atom stereocenters. The number of benzene rings is 1. The number of nitrogens with one attached hydrogen (secondary N) is 2. The van der Waals surface area contributed by atoms with Crippen molar-refractivity contribution < 1.29 is 4.39 Å². The van der Waals surface area contributed by atoms with E-state index in [1.807, 2.05) is 12.3 Å². The molecule has 3 aromatic heterocycles. The Morgan fingerprint density at radius 3 is 2.83 bits per heavy atom.